The molecule has 1 heterocycles. The van der Waals surface area contributed by atoms with Crippen molar-refractivity contribution in [1.82, 2.24) is 0 Å². The smallest absolute Gasteiger partial charge is 0.416 e. The quantitative estimate of drug-likeness (QED) is 0.696. The maximum absolute atomic E-state index is 13.2. The van der Waals surface area contributed by atoms with Crippen LogP contribution in [0.1, 0.15) is 43.0 Å². The molecule has 0 saturated heterocycles. The van der Waals surface area contributed by atoms with E-state index in [1.165, 1.54) is 12.1 Å². The molecule has 4 nitrogen and oxygen atoms in total. The Balaban J connectivity index is 2.19. The third kappa shape index (κ3) is 3.97. The summed E-state index contributed by atoms with van der Waals surface area (Å²) in [6, 6.07) is 10.3. The number of ketones is 1. The molecule has 1 atom stereocenters. The van der Waals surface area contributed by atoms with Gasteiger partial charge in [0.1, 0.15) is 0 Å². The van der Waals surface area contributed by atoms with Crippen molar-refractivity contribution >= 4 is 17.4 Å². The highest BCUT2D eigenvalue weighted by Gasteiger charge is 2.45. The Bertz CT molecular complexity index is 1020. The Morgan fingerprint density at radius 1 is 1.13 bits per heavy atom. The number of aryl methyl sites for hydroxylation is 1. The van der Waals surface area contributed by atoms with E-state index in [4.69, 9.17) is 0 Å². The zero-order valence-corrected chi connectivity index (χ0v) is 16.8. The summed E-state index contributed by atoms with van der Waals surface area (Å²) in [5, 5.41) is 10.6. The molecule has 0 fully saturated rings. The second-order valence-corrected chi connectivity index (χ2v) is 7.77. The molecule has 7 heteroatoms. The number of amides is 1. The largest absolute Gasteiger partial charge is 0.503 e. The van der Waals surface area contributed by atoms with Crippen molar-refractivity contribution in [3.8, 4) is 0 Å². The molecule has 158 valence electrons. The van der Waals surface area contributed by atoms with Gasteiger partial charge in [0.25, 0.3) is 5.91 Å². The minimum Gasteiger partial charge on any atom is -0.503 e. The highest BCUT2D eigenvalue weighted by atomic mass is 19.4. The van der Waals surface area contributed by atoms with Crippen molar-refractivity contribution in [2.24, 2.45) is 5.92 Å². The molecule has 3 rings (SSSR count). The Labute approximate surface area is 172 Å². The maximum Gasteiger partial charge on any atom is 0.416 e. The summed E-state index contributed by atoms with van der Waals surface area (Å²) in [6.07, 6.45) is -4.49. The van der Waals surface area contributed by atoms with E-state index < -0.39 is 35.2 Å². The van der Waals surface area contributed by atoms with Gasteiger partial charge in [-0.05, 0) is 42.2 Å². The summed E-state index contributed by atoms with van der Waals surface area (Å²) in [4.78, 5) is 26.9. The zero-order valence-electron chi connectivity index (χ0n) is 16.8. The van der Waals surface area contributed by atoms with Gasteiger partial charge in [-0.1, -0.05) is 44.2 Å². The number of carbonyl (C=O) groups excluding carboxylic acids is 2. The minimum atomic E-state index is -4.59. The van der Waals surface area contributed by atoms with Crippen molar-refractivity contribution in [3.05, 3.63) is 76.6 Å². The van der Waals surface area contributed by atoms with Gasteiger partial charge in [0.05, 0.1) is 17.2 Å². The van der Waals surface area contributed by atoms with Crippen LogP contribution < -0.4 is 4.90 Å². The van der Waals surface area contributed by atoms with Gasteiger partial charge in [0.15, 0.2) is 11.5 Å². The number of halogens is 3. The van der Waals surface area contributed by atoms with Crippen LogP contribution in [-0.2, 0) is 15.8 Å². The molecule has 0 aliphatic carbocycles. The van der Waals surface area contributed by atoms with Gasteiger partial charge >= 0.3 is 6.18 Å². The van der Waals surface area contributed by atoms with Gasteiger partial charge in [0, 0.05) is 12.1 Å². The van der Waals surface area contributed by atoms with Crippen LogP contribution in [0.2, 0.25) is 0 Å². The fourth-order valence-corrected chi connectivity index (χ4v) is 3.66. The number of alkyl halides is 3. The van der Waals surface area contributed by atoms with Crippen LogP contribution in [0, 0.1) is 12.8 Å². The van der Waals surface area contributed by atoms with Crippen LogP contribution in [0.15, 0.2) is 59.9 Å². The topological polar surface area (TPSA) is 57.6 Å². The van der Waals surface area contributed by atoms with Crippen LogP contribution in [-0.4, -0.2) is 16.8 Å². The molecule has 1 amide bonds. The number of carbonyl (C=O) groups is 2. The minimum absolute atomic E-state index is 0.0203. The fraction of sp³-hybridized carbons (Fsp3) is 0.304. The number of rotatable bonds is 5. The zero-order chi connectivity index (χ0) is 22.2. The molecule has 1 aliphatic rings. The van der Waals surface area contributed by atoms with Crippen molar-refractivity contribution in [1.29, 1.82) is 0 Å². The van der Waals surface area contributed by atoms with E-state index in [0.717, 1.165) is 22.6 Å². The van der Waals surface area contributed by atoms with E-state index in [1.54, 1.807) is 31.2 Å². The van der Waals surface area contributed by atoms with E-state index in [0.29, 0.717) is 5.56 Å². The Kier molecular flexibility index (Phi) is 5.74. The first-order chi connectivity index (χ1) is 14.0. The molecule has 0 bridgehead atoms. The molecule has 0 aromatic heterocycles. The lowest BCUT2D eigenvalue weighted by molar-refractivity contribution is -0.137. The van der Waals surface area contributed by atoms with E-state index in [1.807, 2.05) is 13.8 Å². The number of hydrogen-bond donors (Lipinski definition) is 1. The van der Waals surface area contributed by atoms with Crippen LogP contribution in [0.3, 0.4) is 0 Å². The molecule has 1 N–H and O–H groups in total. The number of hydrogen-bond acceptors (Lipinski definition) is 3. The highest BCUT2D eigenvalue weighted by Crippen LogP contribution is 2.43. The van der Waals surface area contributed by atoms with E-state index in [9.17, 15) is 27.9 Å². The first kappa shape index (κ1) is 21.6. The van der Waals surface area contributed by atoms with Gasteiger partial charge in [-0.3, -0.25) is 14.5 Å². The second kappa shape index (κ2) is 7.97. The van der Waals surface area contributed by atoms with Gasteiger partial charge < -0.3 is 5.11 Å². The van der Waals surface area contributed by atoms with E-state index in [-0.39, 0.29) is 23.6 Å². The monoisotopic (exact) mass is 417 g/mol. The van der Waals surface area contributed by atoms with Crippen molar-refractivity contribution in [2.75, 3.05) is 4.90 Å². The number of benzene rings is 2. The van der Waals surface area contributed by atoms with Crippen LogP contribution in [0.5, 0.6) is 0 Å². The normalized spacial score (nSPS) is 17.2. The third-order valence-corrected chi connectivity index (χ3v) is 5.04. The van der Waals surface area contributed by atoms with Crippen molar-refractivity contribution < 1.29 is 27.9 Å². The van der Waals surface area contributed by atoms with Gasteiger partial charge in [-0.25, -0.2) is 0 Å². The lowest BCUT2D eigenvalue weighted by atomic mass is 9.90. The van der Waals surface area contributed by atoms with Gasteiger partial charge in [0.2, 0.25) is 0 Å². The summed E-state index contributed by atoms with van der Waals surface area (Å²) >= 11 is 0. The highest BCUT2D eigenvalue weighted by molar-refractivity contribution is 6.16. The van der Waals surface area contributed by atoms with E-state index >= 15 is 0 Å². The van der Waals surface area contributed by atoms with Crippen molar-refractivity contribution in [3.63, 3.8) is 0 Å². The standard InChI is InChI=1S/C23H22F3NO3/c1-13(2)11-18(28)19-20(17-10-5-4-7-14(17)3)27(22(30)21(19)29)16-9-6-8-15(12-16)23(24,25)26/h4-10,12-13,20,29H,11H2,1-3H3. The van der Waals surface area contributed by atoms with Crippen LogP contribution in [0.4, 0.5) is 18.9 Å². The van der Waals surface area contributed by atoms with Gasteiger partial charge in [-0.2, -0.15) is 13.2 Å². The molecule has 2 aromatic rings. The predicted molar refractivity (Wildman–Crippen MR) is 107 cm³/mol. The molecule has 0 saturated carbocycles. The number of nitrogens with zero attached hydrogens (tertiary/aromatic N) is 1. The number of anilines is 1. The van der Waals surface area contributed by atoms with E-state index in [2.05, 4.69) is 0 Å². The van der Waals surface area contributed by atoms with Crippen molar-refractivity contribution in [2.45, 2.75) is 39.4 Å². The second-order valence-electron chi connectivity index (χ2n) is 7.77. The third-order valence-electron chi connectivity index (χ3n) is 5.04. The summed E-state index contributed by atoms with van der Waals surface area (Å²) < 4.78 is 39.7. The number of aliphatic hydroxyl groups is 1. The first-order valence-electron chi connectivity index (χ1n) is 9.55. The maximum atomic E-state index is 13.2. The summed E-state index contributed by atoms with van der Waals surface area (Å²) in [6.45, 7) is 5.45. The molecular weight excluding hydrogens is 395 g/mol. The average molecular weight is 417 g/mol. The summed E-state index contributed by atoms with van der Waals surface area (Å²) in [7, 11) is 0. The summed E-state index contributed by atoms with van der Waals surface area (Å²) in [5.41, 5.74) is 0.274. The lowest BCUT2D eigenvalue weighted by Gasteiger charge is -2.28. The Morgan fingerprint density at radius 2 is 1.80 bits per heavy atom. The molecule has 1 unspecified atom stereocenters. The van der Waals surface area contributed by atoms with Crippen LogP contribution >= 0.6 is 0 Å². The molecule has 2 aromatic carbocycles. The van der Waals surface area contributed by atoms with Gasteiger partial charge in [-0.15, -0.1) is 0 Å². The molecule has 0 spiro atoms. The molecule has 0 radical (unpaired) electrons. The van der Waals surface area contributed by atoms with Crippen LogP contribution in [0.25, 0.3) is 0 Å². The molecular formula is C23H22F3NO3. The Hall–Kier alpha value is -3.09. The number of Topliss-reactive ketones (excluding diaryl/α,β-unsaturated/α-hetero) is 1. The number of aliphatic hydroxyl groups excluding tert-OH is 1. The fourth-order valence-electron chi connectivity index (χ4n) is 3.66. The lowest BCUT2D eigenvalue weighted by Crippen LogP contribution is -2.31. The average Bonchev–Trinajstić information content (AvgIpc) is 2.92. The SMILES string of the molecule is Cc1ccccc1C1C(C(=O)CC(C)C)=C(O)C(=O)N1c1cccc(C(F)(F)F)c1. The summed E-state index contributed by atoms with van der Waals surface area (Å²) in [5.74, 6) is -2.03. The molecule has 30 heavy (non-hydrogen) atoms. The molecule has 1 aliphatic heterocycles. The first-order valence-corrected chi connectivity index (χ1v) is 9.55. The predicted octanol–water partition coefficient (Wildman–Crippen LogP) is 5.53. The Morgan fingerprint density at radius 3 is 2.40 bits per heavy atom.